The minimum Gasteiger partial charge on any atom is -0.389 e. The first-order valence-electron chi connectivity index (χ1n) is 6.91. The van der Waals surface area contributed by atoms with Gasteiger partial charge >= 0.3 is 0 Å². The summed E-state index contributed by atoms with van der Waals surface area (Å²) in [7, 11) is -3.50. The molecule has 1 aromatic carbocycles. The molecular formula is C14H20N2O2S2. The highest BCUT2D eigenvalue weighted by Gasteiger charge is 2.21. The number of rotatable bonds is 4. The summed E-state index contributed by atoms with van der Waals surface area (Å²) in [5.74, 6) is 0. The van der Waals surface area contributed by atoms with Crippen molar-refractivity contribution in [2.24, 2.45) is 5.73 Å². The van der Waals surface area contributed by atoms with Crippen LogP contribution in [0.4, 0.5) is 0 Å². The van der Waals surface area contributed by atoms with Crippen LogP contribution in [0.25, 0.3) is 0 Å². The number of thiocarbonyl (C=S) groups is 1. The third-order valence-electron chi connectivity index (χ3n) is 3.61. The van der Waals surface area contributed by atoms with E-state index in [1.807, 2.05) is 0 Å². The molecule has 0 amide bonds. The molecule has 20 heavy (non-hydrogen) atoms. The molecule has 1 saturated carbocycles. The van der Waals surface area contributed by atoms with Gasteiger partial charge in [-0.3, -0.25) is 0 Å². The molecule has 1 aromatic rings. The maximum atomic E-state index is 12.4. The van der Waals surface area contributed by atoms with Crippen molar-refractivity contribution in [3.63, 3.8) is 0 Å². The second-order valence-electron chi connectivity index (χ2n) is 5.20. The summed E-state index contributed by atoms with van der Waals surface area (Å²) in [5.41, 5.74) is 6.12. The van der Waals surface area contributed by atoms with E-state index in [4.69, 9.17) is 18.0 Å². The van der Waals surface area contributed by atoms with E-state index < -0.39 is 10.0 Å². The summed E-state index contributed by atoms with van der Waals surface area (Å²) >= 11 is 4.89. The zero-order chi connectivity index (χ0) is 14.6. The fraction of sp³-hybridized carbons (Fsp3) is 0.500. The van der Waals surface area contributed by atoms with Gasteiger partial charge in [-0.25, -0.2) is 13.1 Å². The molecule has 0 aromatic heterocycles. The Bertz CT molecular complexity index is 577. The molecular weight excluding hydrogens is 292 g/mol. The van der Waals surface area contributed by atoms with Gasteiger partial charge in [-0.05, 0) is 25.0 Å². The zero-order valence-electron chi connectivity index (χ0n) is 11.3. The molecule has 0 atom stereocenters. The summed E-state index contributed by atoms with van der Waals surface area (Å²) in [6.45, 7) is 0. The smallest absolute Gasteiger partial charge is 0.240 e. The fourth-order valence-electron chi connectivity index (χ4n) is 2.50. The lowest BCUT2D eigenvalue weighted by molar-refractivity contribution is 0.510. The van der Waals surface area contributed by atoms with Gasteiger partial charge in [0, 0.05) is 11.6 Å². The predicted octanol–water partition coefficient (Wildman–Crippen LogP) is 2.32. The summed E-state index contributed by atoms with van der Waals surface area (Å²) in [4.78, 5) is 0.434. The number of nitrogens with two attached hydrogens (primary N) is 1. The molecule has 0 saturated heterocycles. The highest BCUT2D eigenvalue weighted by Crippen LogP contribution is 2.20. The van der Waals surface area contributed by atoms with Gasteiger partial charge in [0.25, 0.3) is 0 Å². The van der Waals surface area contributed by atoms with E-state index in [1.54, 1.807) is 18.2 Å². The summed E-state index contributed by atoms with van der Waals surface area (Å²) in [5, 5.41) is 0. The van der Waals surface area contributed by atoms with Crippen molar-refractivity contribution in [3.8, 4) is 0 Å². The normalized spacial score (nSPS) is 17.6. The van der Waals surface area contributed by atoms with Crippen LogP contribution in [-0.2, 0) is 10.0 Å². The molecule has 1 aliphatic carbocycles. The first kappa shape index (κ1) is 15.4. The highest BCUT2D eigenvalue weighted by molar-refractivity contribution is 7.89. The molecule has 0 heterocycles. The van der Waals surface area contributed by atoms with Crippen LogP contribution in [0.3, 0.4) is 0 Å². The van der Waals surface area contributed by atoms with Crippen molar-refractivity contribution in [2.45, 2.75) is 49.5 Å². The van der Waals surface area contributed by atoms with Crippen LogP contribution >= 0.6 is 12.2 Å². The van der Waals surface area contributed by atoms with Crippen molar-refractivity contribution in [1.29, 1.82) is 0 Å². The first-order chi connectivity index (χ1) is 9.49. The largest absolute Gasteiger partial charge is 0.389 e. The van der Waals surface area contributed by atoms with Gasteiger partial charge in [-0.2, -0.15) is 0 Å². The Morgan fingerprint density at radius 2 is 1.85 bits per heavy atom. The van der Waals surface area contributed by atoms with E-state index in [0.717, 1.165) is 25.7 Å². The standard InChI is InChI=1S/C14H20N2O2S2/c15-14(19)11-6-5-9-13(10-11)20(17,18)16-12-7-3-1-2-4-8-12/h5-6,9-10,12,16H,1-4,7-8H2,(H2,15,19). The zero-order valence-corrected chi connectivity index (χ0v) is 13.0. The molecule has 0 radical (unpaired) electrons. The van der Waals surface area contributed by atoms with Gasteiger partial charge < -0.3 is 5.73 Å². The lowest BCUT2D eigenvalue weighted by Gasteiger charge is -2.16. The molecule has 0 unspecified atom stereocenters. The third kappa shape index (κ3) is 4.01. The Morgan fingerprint density at radius 1 is 1.20 bits per heavy atom. The van der Waals surface area contributed by atoms with Crippen LogP contribution < -0.4 is 10.5 Å². The van der Waals surface area contributed by atoms with E-state index in [1.165, 1.54) is 18.9 Å². The SMILES string of the molecule is NC(=S)c1cccc(S(=O)(=O)NC2CCCCCC2)c1. The van der Waals surface area contributed by atoms with Crippen LogP contribution in [0.15, 0.2) is 29.2 Å². The van der Waals surface area contributed by atoms with Gasteiger partial charge in [-0.1, -0.05) is 50.0 Å². The Labute approximate surface area is 125 Å². The topological polar surface area (TPSA) is 72.2 Å². The molecule has 0 spiro atoms. The van der Waals surface area contributed by atoms with Crippen LogP contribution in [0.5, 0.6) is 0 Å². The second kappa shape index (κ2) is 6.65. The number of nitrogens with one attached hydrogen (secondary N) is 1. The molecule has 3 N–H and O–H groups in total. The number of hydrogen-bond donors (Lipinski definition) is 2. The maximum Gasteiger partial charge on any atom is 0.240 e. The first-order valence-corrected chi connectivity index (χ1v) is 8.80. The summed E-state index contributed by atoms with van der Waals surface area (Å²) < 4.78 is 27.6. The Morgan fingerprint density at radius 3 is 2.45 bits per heavy atom. The van der Waals surface area contributed by atoms with E-state index in [0.29, 0.717) is 5.56 Å². The van der Waals surface area contributed by atoms with E-state index in [2.05, 4.69) is 4.72 Å². The average molecular weight is 312 g/mol. The van der Waals surface area contributed by atoms with E-state index in [9.17, 15) is 8.42 Å². The van der Waals surface area contributed by atoms with Gasteiger partial charge in [-0.15, -0.1) is 0 Å². The van der Waals surface area contributed by atoms with Crippen molar-refractivity contribution in [1.82, 2.24) is 4.72 Å². The Balaban J connectivity index is 2.17. The van der Waals surface area contributed by atoms with E-state index >= 15 is 0 Å². The molecule has 4 nitrogen and oxygen atoms in total. The number of sulfonamides is 1. The van der Waals surface area contributed by atoms with Crippen molar-refractivity contribution in [3.05, 3.63) is 29.8 Å². The molecule has 1 fully saturated rings. The summed E-state index contributed by atoms with van der Waals surface area (Å²) in [6, 6.07) is 6.52. The lowest BCUT2D eigenvalue weighted by Crippen LogP contribution is -2.34. The molecule has 0 bridgehead atoms. The molecule has 1 aliphatic rings. The molecule has 2 rings (SSSR count). The van der Waals surface area contributed by atoms with Gasteiger partial charge in [0.15, 0.2) is 0 Å². The maximum absolute atomic E-state index is 12.4. The van der Waals surface area contributed by atoms with Crippen molar-refractivity contribution < 1.29 is 8.42 Å². The lowest BCUT2D eigenvalue weighted by atomic mass is 10.1. The van der Waals surface area contributed by atoms with Crippen LogP contribution in [-0.4, -0.2) is 19.4 Å². The van der Waals surface area contributed by atoms with Crippen LogP contribution in [0, 0.1) is 0 Å². The molecule has 110 valence electrons. The van der Waals surface area contributed by atoms with Gasteiger partial charge in [0.1, 0.15) is 4.99 Å². The average Bonchev–Trinajstić information content (AvgIpc) is 2.67. The van der Waals surface area contributed by atoms with Crippen molar-refractivity contribution >= 4 is 27.2 Å². The minimum absolute atomic E-state index is 0.0379. The predicted molar refractivity (Wildman–Crippen MR) is 84.1 cm³/mol. The molecule has 0 aliphatic heterocycles. The van der Waals surface area contributed by atoms with E-state index in [-0.39, 0.29) is 15.9 Å². The Kier molecular flexibility index (Phi) is 5.12. The van der Waals surface area contributed by atoms with Crippen molar-refractivity contribution in [2.75, 3.05) is 0 Å². The second-order valence-corrected chi connectivity index (χ2v) is 7.36. The number of benzene rings is 1. The van der Waals surface area contributed by atoms with Gasteiger partial charge in [0.2, 0.25) is 10.0 Å². The third-order valence-corrected chi connectivity index (χ3v) is 5.36. The van der Waals surface area contributed by atoms with Gasteiger partial charge in [0.05, 0.1) is 4.90 Å². The minimum atomic E-state index is -3.50. The fourth-order valence-corrected chi connectivity index (χ4v) is 3.98. The summed E-state index contributed by atoms with van der Waals surface area (Å²) in [6.07, 6.45) is 6.37. The van der Waals surface area contributed by atoms with Crippen LogP contribution in [0.2, 0.25) is 0 Å². The number of hydrogen-bond acceptors (Lipinski definition) is 3. The monoisotopic (exact) mass is 312 g/mol. The quantitative estimate of drug-likeness (QED) is 0.661. The highest BCUT2D eigenvalue weighted by atomic mass is 32.2. The Hall–Kier alpha value is -0.980. The molecule has 6 heteroatoms. The van der Waals surface area contributed by atoms with Crippen LogP contribution in [0.1, 0.15) is 44.1 Å².